The number of hydrogen-bond acceptors (Lipinski definition) is 4. The van der Waals surface area contributed by atoms with Crippen molar-refractivity contribution < 1.29 is 8.78 Å². The van der Waals surface area contributed by atoms with Gasteiger partial charge >= 0.3 is 0 Å². The van der Waals surface area contributed by atoms with E-state index in [-0.39, 0.29) is 17.8 Å². The van der Waals surface area contributed by atoms with E-state index in [1.807, 2.05) is 0 Å². The van der Waals surface area contributed by atoms with E-state index in [0.717, 1.165) is 0 Å². The van der Waals surface area contributed by atoms with Crippen molar-refractivity contribution in [3.05, 3.63) is 64.2 Å². The maximum absolute atomic E-state index is 14.1. The summed E-state index contributed by atoms with van der Waals surface area (Å²) < 4.78 is 28.2. The van der Waals surface area contributed by atoms with Gasteiger partial charge in [0.15, 0.2) is 0 Å². The largest absolute Gasteiger partial charge is 0.310 e. The van der Waals surface area contributed by atoms with Gasteiger partial charge in [-0.05, 0) is 30.3 Å². The van der Waals surface area contributed by atoms with Crippen molar-refractivity contribution in [2.75, 3.05) is 6.54 Å². The minimum Gasteiger partial charge on any atom is -0.310 e. The van der Waals surface area contributed by atoms with Crippen LogP contribution in [0.5, 0.6) is 0 Å². The number of nitrogens with two attached hydrogens (primary N) is 1. The summed E-state index contributed by atoms with van der Waals surface area (Å²) in [6, 6.07) is 8.52. The monoisotopic (exact) mass is 320 g/mol. The Morgan fingerprint density at radius 1 is 1.14 bits per heavy atom. The molecule has 0 amide bonds. The highest BCUT2D eigenvalue weighted by atomic mass is 35.5. The lowest BCUT2D eigenvalue weighted by atomic mass is 9.99. The molecule has 0 spiro atoms. The fourth-order valence-corrected chi connectivity index (χ4v) is 2.40. The summed E-state index contributed by atoms with van der Waals surface area (Å²) in [6.45, 7) is 0.0753. The van der Waals surface area contributed by atoms with E-state index in [1.165, 1.54) is 18.2 Å². The molecular formula is C15H11ClF2N4. The van der Waals surface area contributed by atoms with Gasteiger partial charge < -0.3 is 5.43 Å². The number of halogens is 3. The molecule has 0 bridgehead atoms. The number of hydrogen-bond donors (Lipinski definition) is 2. The van der Waals surface area contributed by atoms with Crippen molar-refractivity contribution in [2.45, 2.75) is 0 Å². The van der Waals surface area contributed by atoms with E-state index >= 15 is 0 Å². The topological polar surface area (TPSA) is 62.8 Å². The van der Waals surface area contributed by atoms with Crippen molar-refractivity contribution in [2.24, 2.45) is 15.8 Å². The Bertz CT molecular complexity index is 782. The fourth-order valence-electron chi connectivity index (χ4n) is 2.23. The van der Waals surface area contributed by atoms with Crippen molar-refractivity contribution in [3.8, 4) is 0 Å². The predicted molar refractivity (Wildman–Crippen MR) is 82.7 cm³/mol. The molecular weight excluding hydrogens is 310 g/mol. The summed E-state index contributed by atoms with van der Waals surface area (Å²) in [6.07, 6.45) is 0. The van der Waals surface area contributed by atoms with Crippen LogP contribution in [0.15, 0.2) is 46.4 Å². The van der Waals surface area contributed by atoms with Crippen molar-refractivity contribution in [1.82, 2.24) is 5.43 Å². The van der Waals surface area contributed by atoms with Crippen LogP contribution in [0, 0.1) is 11.6 Å². The average molecular weight is 321 g/mol. The van der Waals surface area contributed by atoms with Gasteiger partial charge in [-0.1, -0.05) is 17.7 Å². The van der Waals surface area contributed by atoms with Gasteiger partial charge in [-0.25, -0.2) is 19.6 Å². The highest BCUT2D eigenvalue weighted by Crippen LogP contribution is 2.29. The zero-order chi connectivity index (χ0) is 15.7. The molecule has 112 valence electrons. The second-order valence-corrected chi connectivity index (χ2v) is 5.06. The lowest BCUT2D eigenvalue weighted by Crippen LogP contribution is -2.32. The maximum atomic E-state index is 14.1. The first kappa shape index (κ1) is 14.6. The van der Waals surface area contributed by atoms with Crippen molar-refractivity contribution >= 4 is 28.8 Å². The number of benzene rings is 2. The summed E-state index contributed by atoms with van der Waals surface area (Å²) in [5.74, 6) is 4.36. The summed E-state index contributed by atoms with van der Waals surface area (Å²) >= 11 is 6.00. The molecule has 3 rings (SSSR count). The van der Waals surface area contributed by atoms with Crippen LogP contribution in [0.1, 0.15) is 11.1 Å². The van der Waals surface area contributed by atoms with E-state index in [4.69, 9.17) is 17.4 Å². The van der Waals surface area contributed by atoms with Gasteiger partial charge in [0.2, 0.25) is 0 Å². The third kappa shape index (κ3) is 2.58. The van der Waals surface area contributed by atoms with Crippen LogP contribution >= 0.6 is 11.6 Å². The second kappa shape index (κ2) is 5.82. The highest BCUT2D eigenvalue weighted by molar-refractivity contribution is 6.31. The molecule has 1 aliphatic heterocycles. The van der Waals surface area contributed by atoms with Gasteiger partial charge in [0.1, 0.15) is 17.5 Å². The Hall–Kier alpha value is -2.31. The fraction of sp³-hybridized carbons (Fsp3) is 0.0667. The highest BCUT2D eigenvalue weighted by Gasteiger charge is 2.22. The molecule has 0 unspecified atom stereocenters. The number of aliphatic imine (C=N–C) groups is 2. The number of nitrogens with one attached hydrogen (secondary N) is 1. The van der Waals surface area contributed by atoms with E-state index in [2.05, 4.69) is 15.4 Å². The maximum Gasteiger partial charge on any atom is 0.138 e. The van der Waals surface area contributed by atoms with E-state index in [0.29, 0.717) is 22.1 Å². The van der Waals surface area contributed by atoms with E-state index in [9.17, 15) is 8.78 Å². The van der Waals surface area contributed by atoms with Gasteiger partial charge in [0, 0.05) is 10.6 Å². The molecule has 7 heteroatoms. The van der Waals surface area contributed by atoms with Crippen LogP contribution in [0.3, 0.4) is 0 Å². The first-order valence-corrected chi connectivity index (χ1v) is 6.81. The molecule has 1 aliphatic rings. The molecule has 1 heterocycles. The Kier molecular flexibility index (Phi) is 3.87. The van der Waals surface area contributed by atoms with Crippen molar-refractivity contribution in [1.29, 1.82) is 0 Å². The standard InChI is InChI=1S/C15H11ClF2N4/c16-8-4-5-12-9(6-8)15(20-7-13(21-12)22-19)14-10(17)2-1-3-11(14)18/h1-6H,7,19H2,(H,21,22). The zero-order valence-electron chi connectivity index (χ0n) is 11.3. The third-order valence-corrected chi connectivity index (χ3v) is 3.46. The molecule has 2 aromatic carbocycles. The Morgan fingerprint density at radius 3 is 2.55 bits per heavy atom. The molecule has 0 fully saturated rings. The third-order valence-electron chi connectivity index (χ3n) is 3.22. The summed E-state index contributed by atoms with van der Waals surface area (Å²) in [5, 5.41) is 0.419. The first-order valence-electron chi connectivity index (χ1n) is 6.43. The predicted octanol–water partition coefficient (Wildman–Crippen LogP) is 2.96. The molecule has 2 aromatic rings. The summed E-state index contributed by atoms with van der Waals surface area (Å²) in [5.41, 5.74) is 3.30. The smallest absolute Gasteiger partial charge is 0.138 e. The molecule has 0 atom stereocenters. The minimum atomic E-state index is -0.700. The van der Waals surface area contributed by atoms with Crippen LogP contribution in [0.4, 0.5) is 14.5 Å². The SMILES string of the molecule is NNC1=Nc2ccc(Cl)cc2C(c2c(F)cccc2F)=NC1. The molecule has 3 N–H and O–H groups in total. The van der Waals surface area contributed by atoms with Gasteiger partial charge in [0.05, 0.1) is 23.5 Å². The molecule has 0 radical (unpaired) electrons. The van der Waals surface area contributed by atoms with E-state index < -0.39 is 11.6 Å². The summed E-state index contributed by atoms with van der Waals surface area (Å²) in [7, 11) is 0. The lowest BCUT2D eigenvalue weighted by Gasteiger charge is -2.10. The quantitative estimate of drug-likeness (QED) is 0.627. The Labute approximate surface area is 130 Å². The number of rotatable bonds is 1. The van der Waals surface area contributed by atoms with Crippen molar-refractivity contribution in [3.63, 3.8) is 0 Å². The summed E-state index contributed by atoms with van der Waals surface area (Å²) in [4.78, 5) is 8.55. The minimum absolute atomic E-state index is 0.0753. The first-order chi connectivity index (χ1) is 10.6. The molecule has 22 heavy (non-hydrogen) atoms. The second-order valence-electron chi connectivity index (χ2n) is 4.63. The zero-order valence-corrected chi connectivity index (χ0v) is 12.0. The number of amidine groups is 1. The Balaban J connectivity index is 2.26. The molecule has 0 aromatic heterocycles. The van der Waals surface area contributed by atoms with Crippen LogP contribution in [-0.4, -0.2) is 18.1 Å². The van der Waals surface area contributed by atoms with Gasteiger partial charge in [0.25, 0.3) is 0 Å². The van der Waals surface area contributed by atoms with Crippen LogP contribution in [-0.2, 0) is 0 Å². The van der Waals surface area contributed by atoms with Crippen LogP contribution in [0.25, 0.3) is 0 Å². The van der Waals surface area contributed by atoms with Crippen LogP contribution in [0.2, 0.25) is 5.02 Å². The van der Waals surface area contributed by atoms with E-state index in [1.54, 1.807) is 18.2 Å². The molecule has 0 aliphatic carbocycles. The van der Waals surface area contributed by atoms with Gasteiger partial charge in [-0.15, -0.1) is 0 Å². The van der Waals surface area contributed by atoms with Gasteiger partial charge in [-0.3, -0.25) is 4.99 Å². The lowest BCUT2D eigenvalue weighted by molar-refractivity contribution is 0.579. The Morgan fingerprint density at radius 2 is 1.86 bits per heavy atom. The van der Waals surface area contributed by atoms with Crippen LogP contribution < -0.4 is 11.3 Å². The normalized spacial score (nSPS) is 13.8. The molecule has 0 saturated carbocycles. The molecule has 4 nitrogen and oxygen atoms in total. The number of nitrogens with zero attached hydrogens (tertiary/aromatic N) is 2. The number of hydrazine groups is 1. The average Bonchev–Trinajstić information content (AvgIpc) is 2.67. The van der Waals surface area contributed by atoms with Gasteiger partial charge in [-0.2, -0.15) is 0 Å². The molecule has 0 saturated heterocycles. The number of fused-ring (bicyclic) bond motifs is 1.